The van der Waals surface area contributed by atoms with Crippen LogP contribution in [0.4, 0.5) is 0 Å². The van der Waals surface area contributed by atoms with E-state index < -0.39 is 0 Å². The van der Waals surface area contributed by atoms with Gasteiger partial charge in [0.05, 0.1) is 5.92 Å². The summed E-state index contributed by atoms with van der Waals surface area (Å²) in [7, 11) is 0. The second kappa shape index (κ2) is 6.04. The molecule has 1 amide bonds. The third-order valence-electron chi connectivity index (χ3n) is 5.13. The van der Waals surface area contributed by atoms with Gasteiger partial charge in [-0.2, -0.15) is 0 Å². The molecule has 0 aliphatic heterocycles. The number of allylic oxidation sites excluding steroid dienone is 1. The summed E-state index contributed by atoms with van der Waals surface area (Å²) in [6.45, 7) is 0. The molecule has 0 saturated heterocycles. The largest absolute Gasteiger partial charge is 0.352 e. The van der Waals surface area contributed by atoms with Crippen molar-refractivity contribution < 1.29 is 4.79 Å². The topological polar surface area (TPSA) is 29.1 Å². The molecule has 0 radical (unpaired) electrons. The summed E-state index contributed by atoms with van der Waals surface area (Å²) in [5.41, 5.74) is 2.10. The van der Waals surface area contributed by atoms with Gasteiger partial charge in [-0.15, -0.1) is 0 Å². The van der Waals surface area contributed by atoms with Gasteiger partial charge in [0.1, 0.15) is 0 Å². The first kappa shape index (κ1) is 14.3. The van der Waals surface area contributed by atoms with Crippen LogP contribution in [0.2, 0.25) is 0 Å². The Kier molecular flexibility index (Phi) is 3.74. The van der Waals surface area contributed by atoms with E-state index >= 15 is 0 Å². The van der Waals surface area contributed by atoms with Crippen LogP contribution < -0.4 is 5.32 Å². The Hall–Kier alpha value is -2.35. The molecule has 2 aliphatic rings. The lowest BCUT2D eigenvalue weighted by Gasteiger charge is -2.24. The van der Waals surface area contributed by atoms with Crippen LogP contribution in [0.5, 0.6) is 0 Å². The number of fused-ring (bicyclic) bond motifs is 2. The van der Waals surface area contributed by atoms with Crippen molar-refractivity contribution in [3.8, 4) is 0 Å². The molecular weight excluding hydrogens is 282 g/mol. The molecule has 2 aromatic carbocycles. The second-order valence-corrected chi connectivity index (χ2v) is 6.65. The maximum Gasteiger partial charge on any atom is 0.232 e. The van der Waals surface area contributed by atoms with Gasteiger partial charge in [0, 0.05) is 6.04 Å². The van der Waals surface area contributed by atoms with E-state index in [-0.39, 0.29) is 11.8 Å². The van der Waals surface area contributed by atoms with Crippen molar-refractivity contribution in [1.29, 1.82) is 0 Å². The third-order valence-corrected chi connectivity index (χ3v) is 5.13. The highest BCUT2D eigenvalue weighted by Gasteiger charge is 2.37. The van der Waals surface area contributed by atoms with E-state index in [2.05, 4.69) is 17.5 Å². The number of amides is 1. The van der Waals surface area contributed by atoms with Gasteiger partial charge in [-0.3, -0.25) is 4.79 Å². The van der Waals surface area contributed by atoms with Gasteiger partial charge in [0.25, 0.3) is 0 Å². The van der Waals surface area contributed by atoms with Gasteiger partial charge in [0.2, 0.25) is 5.91 Å². The molecule has 0 heterocycles. The van der Waals surface area contributed by atoms with E-state index in [0.29, 0.717) is 17.9 Å². The molecule has 116 valence electrons. The second-order valence-electron chi connectivity index (χ2n) is 6.65. The fourth-order valence-corrected chi connectivity index (χ4v) is 4.00. The lowest BCUT2D eigenvalue weighted by atomic mass is 9.89. The zero-order valence-electron chi connectivity index (χ0n) is 13.1. The third kappa shape index (κ3) is 2.81. The van der Waals surface area contributed by atoms with E-state index in [1.54, 1.807) is 0 Å². The lowest BCUT2D eigenvalue weighted by Crippen LogP contribution is -2.40. The molecule has 3 unspecified atom stereocenters. The predicted molar refractivity (Wildman–Crippen MR) is 92.0 cm³/mol. The Labute approximate surface area is 137 Å². The van der Waals surface area contributed by atoms with Crippen LogP contribution in [0.15, 0.2) is 72.8 Å². The van der Waals surface area contributed by atoms with Crippen LogP contribution >= 0.6 is 0 Å². The minimum Gasteiger partial charge on any atom is -0.352 e. The fraction of sp³-hybridized carbons (Fsp3) is 0.286. The highest BCUT2D eigenvalue weighted by atomic mass is 16.2. The van der Waals surface area contributed by atoms with Crippen molar-refractivity contribution in [2.24, 2.45) is 11.8 Å². The maximum atomic E-state index is 13.0. The Morgan fingerprint density at radius 1 is 0.870 bits per heavy atom. The van der Waals surface area contributed by atoms with Crippen LogP contribution in [0.1, 0.15) is 29.9 Å². The summed E-state index contributed by atoms with van der Waals surface area (Å²) in [6, 6.07) is 20.4. The Morgan fingerprint density at radius 3 is 1.96 bits per heavy atom. The zero-order chi connectivity index (χ0) is 15.6. The van der Waals surface area contributed by atoms with Crippen molar-refractivity contribution >= 4 is 5.91 Å². The number of carbonyl (C=O) groups is 1. The number of hydrogen-bond donors (Lipinski definition) is 1. The summed E-state index contributed by atoms with van der Waals surface area (Å²) < 4.78 is 0. The lowest BCUT2D eigenvalue weighted by molar-refractivity contribution is -0.122. The molecule has 2 aliphatic carbocycles. The van der Waals surface area contributed by atoms with Crippen LogP contribution in [0, 0.1) is 11.8 Å². The van der Waals surface area contributed by atoms with Gasteiger partial charge in [-0.05, 0) is 35.8 Å². The molecule has 0 spiro atoms. The molecule has 2 nitrogen and oxygen atoms in total. The Bertz CT molecular complexity index is 668. The quantitative estimate of drug-likeness (QED) is 0.853. The smallest absolute Gasteiger partial charge is 0.232 e. The van der Waals surface area contributed by atoms with Gasteiger partial charge in [-0.25, -0.2) is 0 Å². The number of hydrogen-bond acceptors (Lipinski definition) is 1. The standard InChI is InChI=1S/C21H21NO/c23-21(22-19-14-15-11-12-18(19)13-15)20(16-7-3-1-4-8-16)17-9-5-2-6-10-17/h1-12,15,18-20H,13-14H2,(H,22,23). The molecule has 2 bridgehead atoms. The highest BCUT2D eigenvalue weighted by Crippen LogP contribution is 2.39. The summed E-state index contributed by atoms with van der Waals surface area (Å²) in [5.74, 6) is 1.07. The van der Waals surface area contributed by atoms with E-state index in [4.69, 9.17) is 0 Å². The molecule has 3 atom stereocenters. The Morgan fingerprint density at radius 2 is 1.48 bits per heavy atom. The van der Waals surface area contributed by atoms with Crippen molar-refractivity contribution in [3.63, 3.8) is 0 Å². The van der Waals surface area contributed by atoms with E-state index in [1.807, 2.05) is 60.7 Å². The number of rotatable bonds is 4. The SMILES string of the molecule is O=C(NC1CC2C=CC1C2)C(c1ccccc1)c1ccccc1. The van der Waals surface area contributed by atoms with Gasteiger partial charge >= 0.3 is 0 Å². The van der Waals surface area contributed by atoms with Crippen LogP contribution in [-0.2, 0) is 4.79 Å². The van der Waals surface area contributed by atoms with Gasteiger partial charge in [0.15, 0.2) is 0 Å². The molecule has 2 heteroatoms. The highest BCUT2D eigenvalue weighted by molar-refractivity contribution is 5.87. The maximum absolute atomic E-state index is 13.0. The normalized spacial score (nSPS) is 25.0. The fourth-order valence-electron chi connectivity index (χ4n) is 4.00. The van der Waals surface area contributed by atoms with E-state index in [1.165, 1.54) is 6.42 Å². The average molecular weight is 303 g/mol. The van der Waals surface area contributed by atoms with Gasteiger partial charge in [-0.1, -0.05) is 72.8 Å². The molecule has 4 rings (SSSR count). The molecule has 1 N–H and O–H groups in total. The van der Waals surface area contributed by atoms with E-state index in [9.17, 15) is 4.79 Å². The molecule has 23 heavy (non-hydrogen) atoms. The summed E-state index contributed by atoms with van der Waals surface area (Å²) >= 11 is 0. The van der Waals surface area contributed by atoms with E-state index in [0.717, 1.165) is 17.5 Å². The van der Waals surface area contributed by atoms with Crippen LogP contribution in [0.25, 0.3) is 0 Å². The summed E-state index contributed by atoms with van der Waals surface area (Å²) in [4.78, 5) is 13.0. The first-order valence-electron chi connectivity index (χ1n) is 8.40. The van der Waals surface area contributed by atoms with Crippen LogP contribution in [0.3, 0.4) is 0 Å². The van der Waals surface area contributed by atoms with Crippen LogP contribution in [-0.4, -0.2) is 11.9 Å². The summed E-state index contributed by atoms with van der Waals surface area (Å²) in [5, 5.41) is 3.32. The number of nitrogens with one attached hydrogen (secondary N) is 1. The Balaban J connectivity index is 1.60. The number of benzene rings is 2. The number of carbonyl (C=O) groups excluding carboxylic acids is 1. The molecule has 1 fully saturated rings. The molecule has 0 aromatic heterocycles. The average Bonchev–Trinajstić information content (AvgIpc) is 3.20. The minimum atomic E-state index is -0.236. The predicted octanol–water partition coefficient (Wildman–Crippen LogP) is 3.90. The van der Waals surface area contributed by atoms with Gasteiger partial charge < -0.3 is 5.32 Å². The minimum absolute atomic E-state index is 0.119. The molecular formula is C21H21NO. The molecule has 1 saturated carbocycles. The summed E-state index contributed by atoms with van der Waals surface area (Å²) in [6.07, 6.45) is 6.87. The zero-order valence-corrected chi connectivity index (χ0v) is 13.1. The first-order chi connectivity index (χ1) is 11.3. The van der Waals surface area contributed by atoms with Crippen molar-refractivity contribution in [1.82, 2.24) is 5.32 Å². The van der Waals surface area contributed by atoms with Crippen molar-refractivity contribution in [2.45, 2.75) is 24.8 Å². The monoisotopic (exact) mass is 303 g/mol. The van der Waals surface area contributed by atoms with Crippen molar-refractivity contribution in [2.75, 3.05) is 0 Å². The molecule has 2 aromatic rings. The first-order valence-corrected chi connectivity index (χ1v) is 8.40. The van der Waals surface area contributed by atoms with Crippen molar-refractivity contribution in [3.05, 3.63) is 83.9 Å².